The number of fused-ring (bicyclic) bond motifs is 1. The molecule has 86 valence electrons. The maximum atomic E-state index is 11.4. The third kappa shape index (κ3) is 2.13. The fraction of sp³-hybridized carbons (Fsp3) is 0.364. The maximum absolute atomic E-state index is 11.4. The number of rotatable bonds is 1. The molecule has 0 aromatic heterocycles. The molecule has 5 heteroatoms. The molecular formula is C11H12ClNO3. The molecule has 0 fully saturated rings. The number of carbonyl (C=O) groups is 1. The van der Waals surface area contributed by atoms with Crippen molar-refractivity contribution in [2.45, 2.75) is 6.54 Å². The monoisotopic (exact) mass is 241 g/mol. The predicted molar refractivity (Wildman–Crippen MR) is 60.0 cm³/mol. The summed E-state index contributed by atoms with van der Waals surface area (Å²) in [6.07, 6.45) is 0. The Morgan fingerprint density at radius 1 is 1.56 bits per heavy atom. The van der Waals surface area contributed by atoms with Crippen LogP contribution in [0.4, 0.5) is 0 Å². The fourth-order valence-electron chi connectivity index (χ4n) is 1.63. The largest absolute Gasteiger partial charge is 0.490 e. The van der Waals surface area contributed by atoms with E-state index in [4.69, 9.17) is 16.3 Å². The van der Waals surface area contributed by atoms with E-state index in [9.17, 15) is 4.79 Å². The highest BCUT2D eigenvalue weighted by molar-refractivity contribution is 6.32. The summed E-state index contributed by atoms with van der Waals surface area (Å²) in [5.41, 5.74) is 1.32. The zero-order chi connectivity index (χ0) is 11.5. The number of hydrogen-bond acceptors (Lipinski definition) is 4. The summed E-state index contributed by atoms with van der Waals surface area (Å²) in [4.78, 5) is 11.4. The molecule has 0 saturated carbocycles. The normalized spacial score (nSPS) is 14.6. The molecule has 1 heterocycles. The molecule has 0 bridgehead atoms. The number of ether oxygens (including phenoxy) is 2. The van der Waals surface area contributed by atoms with E-state index in [1.165, 1.54) is 7.11 Å². The van der Waals surface area contributed by atoms with Gasteiger partial charge in [0.2, 0.25) is 0 Å². The highest BCUT2D eigenvalue weighted by Crippen LogP contribution is 2.31. The molecule has 0 amide bonds. The van der Waals surface area contributed by atoms with Gasteiger partial charge in [-0.05, 0) is 12.1 Å². The molecule has 1 aromatic rings. The minimum absolute atomic E-state index is 0.394. The van der Waals surface area contributed by atoms with E-state index in [-0.39, 0.29) is 0 Å². The molecule has 1 aromatic carbocycles. The lowest BCUT2D eigenvalue weighted by atomic mass is 10.1. The second-order valence-corrected chi connectivity index (χ2v) is 3.87. The van der Waals surface area contributed by atoms with Gasteiger partial charge in [0.05, 0.1) is 17.7 Å². The van der Waals surface area contributed by atoms with Crippen LogP contribution in [0, 0.1) is 0 Å². The number of nitrogens with one attached hydrogen (secondary N) is 1. The van der Waals surface area contributed by atoms with E-state index in [2.05, 4.69) is 10.1 Å². The van der Waals surface area contributed by atoms with Crippen LogP contribution in [0.3, 0.4) is 0 Å². The second-order valence-electron chi connectivity index (χ2n) is 3.46. The van der Waals surface area contributed by atoms with Gasteiger partial charge in [-0.15, -0.1) is 0 Å². The summed E-state index contributed by atoms with van der Waals surface area (Å²) in [6.45, 7) is 1.97. The smallest absolute Gasteiger partial charge is 0.337 e. The third-order valence-electron chi connectivity index (χ3n) is 2.38. The Hall–Kier alpha value is -1.26. The molecule has 1 aliphatic rings. The van der Waals surface area contributed by atoms with Crippen LogP contribution in [0.1, 0.15) is 15.9 Å². The van der Waals surface area contributed by atoms with E-state index in [0.717, 1.165) is 12.1 Å². The lowest BCUT2D eigenvalue weighted by Gasteiger charge is -2.10. The van der Waals surface area contributed by atoms with E-state index in [0.29, 0.717) is 29.5 Å². The molecule has 0 radical (unpaired) electrons. The molecule has 1 aliphatic heterocycles. The Labute approximate surface area is 98.5 Å². The number of halogens is 1. The molecule has 0 unspecified atom stereocenters. The molecule has 0 aliphatic carbocycles. The number of benzene rings is 1. The standard InChI is InChI=1S/C11H12ClNO3/c1-15-11(14)7-4-8-6-13-2-3-16-10(8)9(12)5-7/h4-5,13H,2-3,6H2,1H3. The highest BCUT2D eigenvalue weighted by atomic mass is 35.5. The Kier molecular flexibility index (Phi) is 3.31. The summed E-state index contributed by atoms with van der Waals surface area (Å²) in [6, 6.07) is 3.31. The minimum atomic E-state index is -0.394. The number of esters is 1. The minimum Gasteiger partial charge on any atom is -0.490 e. The van der Waals surface area contributed by atoms with Crippen LogP contribution in [0.15, 0.2) is 12.1 Å². The zero-order valence-corrected chi connectivity index (χ0v) is 9.63. The first-order valence-corrected chi connectivity index (χ1v) is 5.34. The summed E-state index contributed by atoms with van der Waals surface area (Å²) < 4.78 is 10.2. The van der Waals surface area contributed by atoms with Crippen LogP contribution in [0.5, 0.6) is 5.75 Å². The van der Waals surface area contributed by atoms with Crippen LogP contribution in [-0.2, 0) is 11.3 Å². The van der Waals surface area contributed by atoms with Crippen LogP contribution in [0.25, 0.3) is 0 Å². The lowest BCUT2D eigenvalue weighted by molar-refractivity contribution is 0.0600. The molecule has 0 saturated heterocycles. The summed E-state index contributed by atoms with van der Waals surface area (Å²) >= 11 is 6.06. The first-order valence-electron chi connectivity index (χ1n) is 4.96. The number of hydrogen-bond donors (Lipinski definition) is 1. The van der Waals surface area contributed by atoms with E-state index < -0.39 is 5.97 Å². The first-order chi connectivity index (χ1) is 7.72. The van der Waals surface area contributed by atoms with Gasteiger partial charge in [0.1, 0.15) is 12.4 Å². The predicted octanol–water partition coefficient (Wildman–Crippen LogP) is 1.61. The average Bonchev–Trinajstić information content (AvgIpc) is 2.53. The van der Waals surface area contributed by atoms with Gasteiger partial charge < -0.3 is 14.8 Å². The van der Waals surface area contributed by atoms with E-state index >= 15 is 0 Å². The average molecular weight is 242 g/mol. The molecule has 16 heavy (non-hydrogen) atoms. The van der Waals surface area contributed by atoms with Gasteiger partial charge in [-0.25, -0.2) is 4.79 Å². The van der Waals surface area contributed by atoms with Crippen molar-refractivity contribution in [2.75, 3.05) is 20.3 Å². The molecule has 0 atom stereocenters. The molecular weight excluding hydrogens is 230 g/mol. The van der Waals surface area contributed by atoms with Gasteiger partial charge in [-0.2, -0.15) is 0 Å². The van der Waals surface area contributed by atoms with Crippen molar-refractivity contribution in [3.05, 3.63) is 28.3 Å². The van der Waals surface area contributed by atoms with Gasteiger partial charge in [0, 0.05) is 18.7 Å². The Morgan fingerprint density at radius 2 is 2.38 bits per heavy atom. The van der Waals surface area contributed by atoms with Gasteiger partial charge in [-0.1, -0.05) is 11.6 Å². The Morgan fingerprint density at radius 3 is 3.12 bits per heavy atom. The van der Waals surface area contributed by atoms with Crippen molar-refractivity contribution in [3.63, 3.8) is 0 Å². The van der Waals surface area contributed by atoms with Crippen molar-refractivity contribution in [2.24, 2.45) is 0 Å². The van der Waals surface area contributed by atoms with Crippen LogP contribution >= 0.6 is 11.6 Å². The molecule has 0 spiro atoms. The second kappa shape index (κ2) is 4.72. The number of methoxy groups -OCH3 is 1. The summed E-state index contributed by atoms with van der Waals surface area (Å²) in [7, 11) is 1.34. The van der Waals surface area contributed by atoms with Gasteiger partial charge >= 0.3 is 5.97 Å². The molecule has 1 N–H and O–H groups in total. The zero-order valence-electron chi connectivity index (χ0n) is 8.88. The van der Waals surface area contributed by atoms with Crippen molar-refractivity contribution < 1.29 is 14.3 Å². The fourth-order valence-corrected chi connectivity index (χ4v) is 1.92. The Bertz CT molecular complexity index is 420. The summed E-state index contributed by atoms with van der Waals surface area (Å²) in [5, 5.41) is 3.62. The van der Waals surface area contributed by atoms with Gasteiger partial charge in [0.15, 0.2) is 0 Å². The number of carbonyl (C=O) groups excluding carboxylic acids is 1. The SMILES string of the molecule is COC(=O)c1cc(Cl)c2c(c1)CNCCO2. The van der Waals surface area contributed by atoms with Crippen LogP contribution in [0.2, 0.25) is 5.02 Å². The van der Waals surface area contributed by atoms with Gasteiger partial charge in [-0.3, -0.25) is 0 Å². The van der Waals surface area contributed by atoms with E-state index in [1.54, 1.807) is 12.1 Å². The van der Waals surface area contributed by atoms with Crippen LogP contribution in [-0.4, -0.2) is 26.2 Å². The van der Waals surface area contributed by atoms with Crippen LogP contribution < -0.4 is 10.1 Å². The topological polar surface area (TPSA) is 47.6 Å². The quantitative estimate of drug-likeness (QED) is 0.759. The highest BCUT2D eigenvalue weighted by Gasteiger charge is 2.16. The maximum Gasteiger partial charge on any atom is 0.337 e. The van der Waals surface area contributed by atoms with Gasteiger partial charge in [0.25, 0.3) is 0 Å². The molecule has 4 nitrogen and oxygen atoms in total. The van der Waals surface area contributed by atoms with Crippen molar-refractivity contribution in [1.29, 1.82) is 0 Å². The van der Waals surface area contributed by atoms with Crippen molar-refractivity contribution in [3.8, 4) is 5.75 Å². The van der Waals surface area contributed by atoms with E-state index in [1.807, 2.05) is 0 Å². The molecule has 2 rings (SSSR count). The van der Waals surface area contributed by atoms with Crippen molar-refractivity contribution in [1.82, 2.24) is 5.32 Å². The van der Waals surface area contributed by atoms with Crippen molar-refractivity contribution >= 4 is 17.6 Å². The summed E-state index contributed by atoms with van der Waals surface area (Å²) in [5.74, 6) is 0.258. The first kappa shape index (κ1) is 11.2. The lowest BCUT2D eigenvalue weighted by Crippen LogP contribution is -2.16. The third-order valence-corrected chi connectivity index (χ3v) is 2.66. The Balaban J connectivity index is 2.43.